The first-order valence-electron chi connectivity index (χ1n) is 9.00. The van der Waals surface area contributed by atoms with E-state index in [1.165, 1.54) is 30.4 Å². The van der Waals surface area contributed by atoms with E-state index in [9.17, 15) is 9.59 Å². The molecule has 0 saturated carbocycles. The van der Waals surface area contributed by atoms with Crippen molar-refractivity contribution in [3.8, 4) is 11.5 Å². The van der Waals surface area contributed by atoms with Crippen LogP contribution in [-0.4, -0.2) is 35.1 Å². The van der Waals surface area contributed by atoms with Crippen LogP contribution in [0.4, 0.5) is 5.69 Å². The number of aryl methyl sites for hydroxylation is 2. The summed E-state index contributed by atoms with van der Waals surface area (Å²) in [7, 11) is 3.07. The van der Waals surface area contributed by atoms with Crippen molar-refractivity contribution in [1.29, 1.82) is 0 Å². The standard InChI is InChI=1S/C19H20N4O4S/c1-26-12-7-11(8-13(9-12)27-2)20-16(24)10-23-19(25)17-14-5-3-4-6-15(14)28-18(17)21-22-23/h7-9H,3-6,10H2,1-2H3,(H,20,24). The molecule has 4 rings (SSSR count). The molecule has 28 heavy (non-hydrogen) atoms. The lowest BCUT2D eigenvalue weighted by Crippen LogP contribution is -2.30. The Morgan fingerprint density at radius 2 is 1.89 bits per heavy atom. The average molecular weight is 400 g/mol. The van der Waals surface area contributed by atoms with Gasteiger partial charge in [-0.1, -0.05) is 5.21 Å². The van der Waals surface area contributed by atoms with Gasteiger partial charge in [0, 0.05) is 28.8 Å². The second-order valence-electron chi connectivity index (χ2n) is 6.59. The normalized spacial score (nSPS) is 13.2. The largest absolute Gasteiger partial charge is 0.497 e. The fourth-order valence-electron chi connectivity index (χ4n) is 3.43. The van der Waals surface area contributed by atoms with Gasteiger partial charge < -0.3 is 14.8 Å². The molecule has 0 aliphatic heterocycles. The van der Waals surface area contributed by atoms with E-state index in [-0.39, 0.29) is 18.0 Å². The van der Waals surface area contributed by atoms with Crippen LogP contribution in [0.25, 0.3) is 10.2 Å². The zero-order chi connectivity index (χ0) is 19.7. The Balaban J connectivity index is 1.59. The first kappa shape index (κ1) is 18.4. The minimum atomic E-state index is -0.379. The summed E-state index contributed by atoms with van der Waals surface area (Å²) in [6.07, 6.45) is 4.06. The monoisotopic (exact) mass is 400 g/mol. The van der Waals surface area contributed by atoms with Crippen LogP contribution in [0.1, 0.15) is 23.3 Å². The molecule has 1 N–H and O–H groups in total. The number of hydrogen-bond acceptors (Lipinski definition) is 7. The van der Waals surface area contributed by atoms with Crippen LogP contribution >= 0.6 is 11.3 Å². The van der Waals surface area contributed by atoms with E-state index < -0.39 is 0 Å². The molecule has 0 fully saturated rings. The second kappa shape index (κ2) is 7.59. The molecular formula is C19H20N4O4S. The summed E-state index contributed by atoms with van der Waals surface area (Å²) < 4.78 is 11.5. The number of methoxy groups -OCH3 is 2. The summed E-state index contributed by atoms with van der Waals surface area (Å²) in [6, 6.07) is 5.06. The molecule has 0 saturated heterocycles. The Morgan fingerprint density at radius 1 is 1.18 bits per heavy atom. The molecule has 1 amide bonds. The molecule has 3 aromatic rings. The Hall–Kier alpha value is -2.94. The quantitative estimate of drug-likeness (QED) is 0.707. The van der Waals surface area contributed by atoms with Gasteiger partial charge in [0.2, 0.25) is 5.91 Å². The third-order valence-corrected chi connectivity index (χ3v) is 5.95. The molecule has 1 aromatic carbocycles. The van der Waals surface area contributed by atoms with E-state index in [1.807, 2.05) is 0 Å². The number of fused-ring (bicyclic) bond motifs is 3. The highest BCUT2D eigenvalue weighted by Crippen LogP contribution is 2.33. The van der Waals surface area contributed by atoms with Gasteiger partial charge >= 0.3 is 0 Å². The SMILES string of the molecule is COc1cc(NC(=O)Cn2nnc3sc4c(c3c2=O)CCCC4)cc(OC)c1. The van der Waals surface area contributed by atoms with Gasteiger partial charge in [-0.15, -0.1) is 16.4 Å². The first-order valence-corrected chi connectivity index (χ1v) is 9.81. The maximum Gasteiger partial charge on any atom is 0.279 e. The molecule has 0 bridgehead atoms. The van der Waals surface area contributed by atoms with Crippen LogP contribution in [0.2, 0.25) is 0 Å². The highest BCUT2D eigenvalue weighted by atomic mass is 32.1. The number of hydrogen-bond donors (Lipinski definition) is 1. The minimum Gasteiger partial charge on any atom is -0.497 e. The molecule has 1 aliphatic rings. The van der Waals surface area contributed by atoms with Crippen LogP contribution in [0, 0.1) is 0 Å². The Labute approximate surface area is 165 Å². The Kier molecular flexibility index (Phi) is 4.99. The van der Waals surface area contributed by atoms with Crippen molar-refractivity contribution in [3.05, 3.63) is 39.0 Å². The zero-order valence-corrected chi connectivity index (χ0v) is 16.5. The molecule has 1 aliphatic carbocycles. The van der Waals surface area contributed by atoms with E-state index in [2.05, 4.69) is 15.6 Å². The number of anilines is 1. The number of aromatic nitrogens is 3. The molecule has 2 heterocycles. The fourth-order valence-corrected chi connectivity index (χ4v) is 4.62. The molecule has 2 aromatic heterocycles. The van der Waals surface area contributed by atoms with E-state index in [4.69, 9.17) is 9.47 Å². The summed E-state index contributed by atoms with van der Waals surface area (Å²) >= 11 is 1.54. The topological polar surface area (TPSA) is 95.3 Å². The third kappa shape index (κ3) is 3.45. The predicted octanol–water partition coefficient (Wildman–Crippen LogP) is 2.39. The van der Waals surface area contributed by atoms with E-state index >= 15 is 0 Å². The lowest BCUT2D eigenvalue weighted by atomic mass is 9.97. The number of carbonyl (C=O) groups excluding carboxylic acids is 1. The molecule has 9 heteroatoms. The second-order valence-corrected chi connectivity index (χ2v) is 7.68. The van der Waals surface area contributed by atoms with Crippen molar-refractivity contribution in [2.45, 2.75) is 32.2 Å². The molecule has 0 unspecified atom stereocenters. The third-order valence-electron chi connectivity index (χ3n) is 4.77. The number of nitrogens with zero attached hydrogens (tertiary/aromatic N) is 3. The van der Waals surface area contributed by atoms with E-state index in [1.54, 1.807) is 18.2 Å². The fraction of sp³-hybridized carbons (Fsp3) is 0.368. The van der Waals surface area contributed by atoms with E-state index in [0.29, 0.717) is 27.4 Å². The summed E-state index contributed by atoms with van der Waals surface area (Å²) in [5.41, 5.74) is 1.33. The number of benzene rings is 1. The van der Waals surface area contributed by atoms with E-state index in [0.717, 1.165) is 35.9 Å². The lowest BCUT2D eigenvalue weighted by Gasteiger charge is -2.11. The predicted molar refractivity (Wildman–Crippen MR) is 106 cm³/mol. The van der Waals surface area contributed by atoms with Crippen LogP contribution in [0.5, 0.6) is 11.5 Å². The van der Waals surface area contributed by atoms with Gasteiger partial charge in [-0.25, -0.2) is 4.68 Å². The van der Waals surface area contributed by atoms with Crippen molar-refractivity contribution >= 4 is 33.1 Å². The Morgan fingerprint density at radius 3 is 2.61 bits per heavy atom. The Bertz CT molecular complexity index is 1080. The molecule has 0 atom stereocenters. The van der Waals surface area contributed by atoms with Gasteiger partial charge in [0.1, 0.15) is 18.0 Å². The van der Waals surface area contributed by atoms with Gasteiger partial charge in [0.05, 0.1) is 19.6 Å². The number of thiophene rings is 1. The number of carbonyl (C=O) groups is 1. The number of amides is 1. The highest BCUT2D eigenvalue weighted by molar-refractivity contribution is 7.18. The summed E-state index contributed by atoms with van der Waals surface area (Å²) in [5.74, 6) is 0.728. The highest BCUT2D eigenvalue weighted by Gasteiger charge is 2.21. The smallest absolute Gasteiger partial charge is 0.279 e. The molecular weight excluding hydrogens is 380 g/mol. The van der Waals surface area contributed by atoms with Gasteiger partial charge in [-0.3, -0.25) is 9.59 Å². The van der Waals surface area contributed by atoms with Crippen LogP contribution in [-0.2, 0) is 24.2 Å². The van der Waals surface area contributed by atoms with Gasteiger partial charge in [-0.2, -0.15) is 0 Å². The minimum absolute atomic E-state index is 0.216. The molecule has 8 nitrogen and oxygen atoms in total. The molecule has 0 radical (unpaired) electrons. The van der Waals surface area contributed by atoms with Crippen LogP contribution in [0.3, 0.4) is 0 Å². The summed E-state index contributed by atoms with van der Waals surface area (Å²) in [5, 5.41) is 11.5. The first-order chi connectivity index (χ1) is 13.6. The average Bonchev–Trinajstić information content (AvgIpc) is 3.09. The molecule has 146 valence electrons. The van der Waals surface area contributed by atoms with Gasteiger partial charge in [-0.05, 0) is 31.2 Å². The molecule has 0 spiro atoms. The van der Waals surface area contributed by atoms with Crippen molar-refractivity contribution in [2.75, 3.05) is 19.5 Å². The van der Waals surface area contributed by atoms with Crippen molar-refractivity contribution < 1.29 is 14.3 Å². The van der Waals surface area contributed by atoms with Gasteiger partial charge in [0.15, 0.2) is 4.83 Å². The summed E-state index contributed by atoms with van der Waals surface area (Å²) in [6.45, 7) is -0.216. The zero-order valence-electron chi connectivity index (χ0n) is 15.7. The van der Waals surface area contributed by atoms with Crippen molar-refractivity contribution in [1.82, 2.24) is 15.0 Å². The van der Waals surface area contributed by atoms with Crippen LogP contribution < -0.4 is 20.3 Å². The van der Waals surface area contributed by atoms with Gasteiger partial charge in [0.25, 0.3) is 5.56 Å². The summed E-state index contributed by atoms with van der Waals surface area (Å²) in [4.78, 5) is 27.3. The number of rotatable bonds is 5. The number of ether oxygens (including phenoxy) is 2. The lowest BCUT2D eigenvalue weighted by molar-refractivity contribution is -0.117. The van der Waals surface area contributed by atoms with Crippen molar-refractivity contribution in [2.24, 2.45) is 0 Å². The maximum absolute atomic E-state index is 12.9. The van der Waals surface area contributed by atoms with Crippen molar-refractivity contribution in [3.63, 3.8) is 0 Å². The van der Waals surface area contributed by atoms with Crippen LogP contribution in [0.15, 0.2) is 23.0 Å². The number of nitrogens with one attached hydrogen (secondary N) is 1. The maximum atomic E-state index is 12.9.